The topological polar surface area (TPSA) is 88.1 Å². The molecule has 1 aliphatic carbocycles. The van der Waals surface area contributed by atoms with Crippen LogP contribution in [-0.2, 0) is 9.59 Å². The molecule has 1 aliphatic rings. The average molecular weight is 412 g/mol. The highest BCUT2D eigenvalue weighted by atomic mass is 32.1. The molecule has 0 aliphatic heterocycles. The molecule has 3 aromatic rings. The summed E-state index contributed by atoms with van der Waals surface area (Å²) < 4.78 is 0. The van der Waals surface area contributed by atoms with E-state index in [-0.39, 0.29) is 11.8 Å². The van der Waals surface area contributed by atoms with E-state index in [0.29, 0.717) is 21.9 Å². The molecule has 7 nitrogen and oxygen atoms in total. The van der Waals surface area contributed by atoms with Crippen LogP contribution in [-0.4, -0.2) is 27.0 Å². The minimum absolute atomic E-state index is 0.128. The summed E-state index contributed by atoms with van der Waals surface area (Å²) in [6.45, 7) is 1.50. The number of carbonyl (C=O) groups excluding carboxylic acids is 2. The highest BCUT2D eigenvalue weighted by Crippen LogP contribution is 2.42. The number of nitrogens with one attached hydrogen (secondary N) is 1. The monoisotopic (exact) mass is 411 g/mol. The number of benzene rings is 1. The number of thiazole rings is 1. The van der Waals surface area contributed by atoms with Gasteiger partial charge >= 0.3 is 0 Å². The number of hydrogen-bond donors (Lipinski definition) is 1. The van der Waals surface area contributed by atoms with Gasteiger partial charge in [-0.2, -0.15) is 0 Å². The Morgan fingerprint density at radius 2 is 2.00 bits per heavy atom. The fourth-order valence-corrected chi connectivity index (χ4v) is 4.32. The van der Waals surface area contributed by atoms with Crippen LogP contribution < -0.4 is 10.2 Å². The molecule has 0 radical (unpaired) electrons. The summed E-state index contributed by atoms with van der Waals surface area (Å²) in [7, 11) is 0. The first-order chi connectivity index (χ1) is 13.6. The maximum Gasteiger partial charge on any atom is 0.250 e. The van der Waals surface area contributed by atoms with Crippen molar-refractivity contribution in [1.29, 1.82) is 0 Å². The van der Waals surface area contributed by atoms with E-state index in [1.165, 1.54) is 35.7 Å². The van der Waals surface area contributed by atoms with Crippen molar-refractivity contribution in [3.63, 3.8) is 0 Å². The first-order valence-electron chi connectivity index (χ1n) is 8.74. The first kappa shape index (κ1) is 18.5. The predicted molar refractivity (Wildman–Crippen MR) is 111 cm³/mol. The Hall–Kier alpha value is -2.91. The van der Waals surface area contributed by atoms with Gasteiger partial charge in [-0.1, -0.05) is 29.5 Å². The van der Waals surface area contributed by atoms with Crippen molar-refractivity contribution in [3.05, 3.63) is 52.5 Å². The van der Waals surface area contributed by atoms with Crippen molar-refractivity contribution in [2.24, 2.45) is 0 Å². The summed E-state index contributed by atoms with van der Waals surface area (Å²) in [4.78, 5) is 30.2. The fourth-order valence-electron chi connectivity index (χ4n) is 2.55. The van der Waals surface area contributed by atoms with Gasteiger partial charge < -0.3 is 0 Å². The molecule has 1 aromatic carbocycles. The van der Waals surface area contributed by atoms with Gasteiger partial charge in [0.15, 0.2) is 5.13 Å². The molecule has 0 spiro atoms. The highest BCUT2D eigenvalue weighted by Gasteiger charge is 2.27. The minimum atomic E-state index is -0.292. The molecule has 142 valence electrons. The first-order valence-corrected chi connectivity index (χ1v) is 10.4. The summed E-state index contributed by atoms with van der Waals surface area (Å²) in [5, 5.41) is 14.7. The van der Waals surface area contributed by atoms with E-state index in [1.54, 1.807) is 16.4 Å². The summed E-state index contributed by atoms with van der Waals surface area (Å²) in [5.41, 5.74) is 1.36. The van der Waals surface area contributed by atoms with Crippen molar-refractivity contribution >= 4 is 56.5 Å². The Balaban J connectivity index is 1.42. The molecule has 0 bridgehead atoms. The van der Waals surface area contributed by atoms with E-state index < -0.39 is 0 Å². The van der Waals surface area contributed by atoms with Crippen molar-refractivity contribution in [2.75, 3.05) is 10.2 Å². The molecule has 4 rings (SSSR count). The summed E-state index contributed by atoms with van der Waals surface area (Å²) in [6, 6.07) is 9.33. The van der Waals surface area contributed by atoms with Gasteiger partial charge in [0.1, 0.15) is 5.01 Å². The van der Waals surface area contributed by atoms with Gasteiger partial charge in [-0.15, -0.1) is 21.5 Å². The number of hydrogen-bond acceptors (Lipinski definition) is 7. The molecule has 28 heavy (non-hydrogen) atoms. The third-order valence-electron chi connectivity index (χ3n) is 4.03. The standard InChI is InChI=1S/C19H17N5O2S2/c1-12(25)24(15-5-3-2-4-6-15)19-20-14(11-27-19)9-10-16(26)21-18-23-22-17(28-18)13-7-8-13/h2-6,9-11,13H,7-8H2,1H3,(H,21,23,26)/b10-9+. The summed E-state index contributed by atoms with van der Waals surface area (Å²) in [6.07, 6.45) is 5.31. The van der Waals surface area contributed by atoms with Crippen LogP contribution in [0.1, 0.15) is 36.4 Å². The molecular formula is C19H17N5O2S2. The molecule has 2 aromatic heterocycles. The number of nitrogens with zero attached hydrogens (tertiary/aromatic N) is 4. The number of para-hydroxylation sites is 1. The molecule has 0 saturated heterocycles. The van der Waals surface area contributed by atoms with Crippen LogP contribution in [0.4, 0.5) is 16.0 Å². The van der Waals surface area contributed by atoms with Crippen LogP contribution in [0.3, 0.4) is 0 Å². The molecule has 1 fully saturated rings. The summed E-state index contributed by atoms with van der Waals surface area (Å²) >= 11 is 2.76. The zero-order valence-corrected chi connectivity index (χ0v) is 16.7. The normalized spacial score (nSPS) is 13.6. The molecule has 2 amide bonds. The van der Waals surface area contributed by atoms with E-state index >= 15 is 0 Å². The van der Waals surface area contributed by atoms with Gasteiger partial charge in [0, 0.05) is 24.3 Å². The van der Waals surface area contributed by atoms with Crippen LogP contribution >= 0.6 is 22.7 Å². The van der Waals surface area contributed by atoms with Crippen LogP contribution in [0.25, 0.3) is 6.08 Å². The van der Waals surface area contributed by atoms with E-state index in [2.05, 4.69) is 20.5 Å². The van der Waals surface area contributed by atoms with E-state index in [1.807, 2.05) is 30.3 Å². The Labute approximate surface area is 169 Å². The molecular weight excluding hydrogens is 394 g/mol. The van der Waals surface area contributed by atoms with Crippen LogP contribution in [0.15, 0.2) is 41.8 Å². The average Bonchev–Trinajstić information content (AvgIpc) is 3.26. The number of amides is 2. The van der Waals surface area contributed by atoms with Crippen molar-refractivity contribution in [2.45, 2.75) is 25.7 Å². The number of anilines is 3. The lowest BCUT2D eigenvalue weighted by atomic mass is 10.3. The Morgan fingerprint density at radius 3 is 2.71 bits per heavy atom. The van der Waals surface area contributed by atoms with E-state index in [4.69, 9.17) is 0 Å². The van der Waals surface area contributed by atoms with E-state index in [0.717, 1.165) is 23.5 Å². The third kappa shape index (κ3) is 4.32. The molecule has 2 heterocycles. The largest absolute Gasteiger partial charge is 0.297 e. The van der Waals surface area contributed by atoms with Gasteiger partial charge in [0.05, 0.1) is 11.4 Å². The zero-order valence-electron chi connectivity index (χ0n) is 15.0. The fraction of sp³-hybridized carbons (Fsp3) is 0.211. The predicted octanol–water partition coefficient (Wildman–Crippen LogP) is 4.21. The lowest BCUT2D eigenvalue weighted by Gasteiger charge is -2.17. The van der Waals surface area contributed by atoms with Gasteiger partial charge in [-0.25, -0.2) is 4.98 Å². The summed E-state index contributed by atoms with van der Waals surface area (Å²) in [5.74, 6) is 0.0945. The smallest absolute Gasteiger partial charge is 0.250 e. The Bertz CT molecular complexity index is 1020. The van der Waals surface area contributed by atoms with Gasteiger partial charge in [0.2, 0.25) is 16.9 Å². The molecule has 0 atom stereocenters. The van der Waals surface area contributed by atoms with Gasteiger partial charge in [-0.05, 0) is 31.1 Å². The molecule has 9 heteroatoms. The second kappa shape index (κ2) is 7.99. The lowest BCUT2D eigenvalue weighted by Crippen LogP contribution is -2.22. The maximum absolute atomic E-state index is 12.1. The van der Waals surface area contributed by atoms with Crippen LogP contribution in [0.2, 0.25) is 0 Å². The molecule has 1 saturated carbocycles. The van der Waals surface area contributed by atoms with Crippen molar-refractivity contribution in [1.82, 2.24) is 15.2 Å². The number of rotatable bonds is 6. The Kier molecular flexibility index (Phi) is 5.27. The number of carbonyl (C=O) groups is 2. The molecule has 1 N–H and O–H groups in total. The SMILES string of the molecule is CC(=O)N(c1ccccc1)c1nc(/C=C/C(=O)Nc2nnc(C3CC3)s2)cs1. The molecule has 0 unspecified atom stereocenters. The van der Waals surface area contributed by atoms with Crippen LogP contribution in [0.5, 0.6) is 0 Å². The quantitative estimate of drug-likeness (QED) is 0.614. The Morgan fingerprint density at radius 1 is 1.21 bits per heavy atom. The second-order valence-corrected chi connectivity index (χ2v) is 8.13. The highest BCUT2D eigenvalue weighted by molar-refractivity contribution is 7.15. The van der Waals surface area contributed by atoms with Gasteiger partial charge in [-0.3, -0.25) is 19.8 Å². The number of aromatic nitrogens is 3. The van der Waals surface area contributed by atoms with Crippen molar-refractivity contribution in [3.8, 4) is 0 Å². The maximum atomic E-state index is 12.1. The lowest BCUT2D eigenvalue weighted by molar-refractivity contribution is -0.116. The zero-order chi connectivity index (χ0) is 19.5. The third-order valence-corrected chi connectivity index (χ3v) is 5.88. The van der Waals surface area contributed by atoms with E-state index in [9.17, 15) is 9.59 Å². The van der Waals surface area contributed by atoms with Crippen LogP contribution in [0, 0.1) is 0 Å². The minimum Gasteiger partial charge on any atom is -0.297 e. The van der Waals surface area contributed by atoms with Gasteiger partial charge in [0.25, 0.3) is 0 Å². The second-order valence-electron chi connectivity index (χ2n) is 6.29. The van der Waals surface area contributed by atoms with Crippen molar-refractivity contribution < 1.29 is 9.59 Å².